The van der Waals surface area contributed by atoms with Gasteiger partial charge in [-0.3, -0.25) is 9.59 Å². The van der Waals surface area contributed by atoms with Crippen LogP contribution in [0.2, 0.25) is 0 Å². The smallest absolute Gasteiger partial charge is 0.309 e. The van der Waals surface area contributed by atoms with Crippen LogP contribution in [0.4, 0.5) is 4.39 Å². The van der Waals surface area contributed by atoms with Gasteiger partial charge in [-0.2, -0.15) is 0 Å². The summed E-state index contributed by atoms with van der Waals surface area (Å²) in [7, 11) is 2.82. The highest BCUT2D eigenvalue weighted by Crippen LogP contribution is 2.37. The van der Waals surface area contributed by atoms with Gasteiger partial charge in [0.05, 0.1) is 20.1 Å². The number of hydrogen-bond donors (Lipinski definition) is 1. The average Bonchev–Trinajstić information content (AvgIpc) is 2.86. The fraction of sp³-hybridized carbons (Fsp3) is 0.321. The summed E-state index contributed by atoms with van der Waals surface area (Å²) in [6, 6.07) is 13.4. The summed E-state index contributed by atoms with van der Waals surface area (Å²) in [6.45, 7) is 5.28. The number of hydrogen-bond acceptors (Lipinski definition) is 7. The van der Waals surface area contributed by atoms with E-state index in [2.05, 4.69) is 4.98 Å². The molecule has 0 aliphatic heterocycles. The molecule has 1 N–H and O–H groups in total. The molecule has 0 aliphatic rings. The van der Waals surface area contributed by atoms with E-state index in [0.717, 1.165) is 11.1 Å². The number of aryl methyl sites for hydroxylation is 1. The van der Waals surface area contributed by atoms with E-state index < -0.39 is 35.5 Å². The molecule has 1 aromatic heterocycles. The molecule has 0 bridgehead atoms. The van der Waals surface area contributed by atoms with Crippen molar-refractivity contribution in [3.05, 3.63) is 82.9 Å². The number of carbonyl (C=O) groups is 2. The quantitative estimate of drug-likeness (QED) is 0.304. The molecule has 8 heteroatoms. The van der Waals surface area contributed by atoms with Crippen LogP contribution in [-0.2, 0) is 9.53 Å². The Morgan fingerprint density at radius 2 is 1.67 bits per heavy atom. The molecule has 3 aromatic rings. The fourth-order valence-corrected chi connectivity index (χ4v) is 4.05. The van der Waals surface area contributed by atoms with Crippen LogP contribution >= 0.6 is 0 Å². The van der Waals surface area contributed by atoms with E-state index in [1.54, 1.807) is 19.9 Å². The van der Waals surface area contributed by atoms with Gasteiger partial charge < -0.3 is 19.3 Å². The number of ketones is 1. The zero-order chi connectivity index (χ0) is 26.4. The second-order valence-corrected chi connectivity index (χ2v) is 8.66. The van der Waals surface area contributed by atoms with E-state index in [9.17, 15) is 19.1 Å². The first-order valence-electron chi connectivity index (χ1n) is 11.5. The van der Waals surface area contributed by atoms with Gasteiger partial charge in [0, 0.05) is 36.2 Å². The first-order chi connectivity index (χ1) is 17.2. The maximum Gasteiger partial charge on any atom is 0.309 e. The number of methoxy groups -OCH3 is 2. The molecule has 0 aliphatic carbocycles. The Hall–Kier alpha value is -3.94. The average molecular weight is 496 g/mol. The van der Waals surface area contributed by atoms with E-state index in [1.807, 2.05) is 31.2 Å². The van der Waals surface area contributed by atoms with Crippen LogP contribution in [0.15, 0.2) is 54.7 Å². The van der Waals surface area contributed by atoms with Gasteiger partial charge in [0.2, 0.25) is 0 Å². The van der Waals surface area contributed by atoms with Crippen LogP contribution in [0.3, 0.4) is 0 Å². The van der Waals surface area contributed by atoms with Gasteiger partial charge in [-0.15, -0.1) is 0 Å². The Labute approximate surface area is 209 Å². The summed E-state index contributed by atoms with van der Waals surface area (Å²) in [6.07, 6.45) is 0.466. The Balaban J connectivity index is 1.82. The van der Waals surface area contributed by atoms with Gasteiger partial charge in [-0.25, -0.2) is 9.37 Å². The number of rotatable bonds is 10. The fourth-order valence-electron chi connectivity index (χ4n) is 4.05. The molecular formula is C28H30FNO6. The molecule has 0 spiro atoms. The van der Waals surface area contributed by atoms with Crippen molar-refractivity contribution in [3.63, 3.8) is 0 Å². The lowest BCUT2D eigenvalue weighted by Crippen LogP contribution is -2.28. The van der Waals surface area contributed by atoms with Crippen molar-refractivity contribution < 1.29 is 33.3 Å². The number of esters is 1. The molecule has 7 nitrogen and oxygen atoms in total. The van der Waals surface area contributed by atoms with E-state index in [-0.39, 0.29) is 23.6 Å². The van der Waals surface area contributed by atoms with Crippen molar-refractivity contribution in [1.29, 1.82) is 0 Å². The molecule has 190 valence electrons. The molecule has 0 saturated heterocycles. The number of nitrogens with zero attached hydrogens (tertiary/aromatic N) is 1. The van der Waals surface area contributed by atoms with E-state index in [0.29, 0.717) is 11.3 Å². The molecule has 3 atom stereocenters. The number of benzene rings is 2. The normalized spacial score (nSPS) is 13.4. The van der Waals surface area contributed by atoms with Crippen molar-refractivity contribution in [1.82, 2.24) is 4.98 Å². The predicted octanol–water partition coefficient (Wildman–Crippen LogP) is 5.22. The van der Waals surface area contributed by atoms with Crippen LogP contribution in [0, 0.1) is 18.7 Å². The minimum atomic E-state index is -0.805. The molecular weight excluding hydrogens is 465 g/mol. The minimum absolute atomic E-state index is 0.117. The first-order valence-corrected chi connectivity index (χ1v) is 11.5. The number of ether oxygens (including phenoxy) is 3. The standard InChI is InChI=1S/C28H30FNO6/c1-16-6-8-19(9-7-16)25(21-11-10-20(29)15-24(21)35-5)18(3)36-28(33)17(2)14-22(31)26-27(32)23(34-4)12-13-30-26/h6-13,15,17-18,25,32H,14H2,1-5H3/t17-,18+,25+/m1/s1. The number of carbonyl (C=O) groups excluding carboxylic acids is 2. The zero-order valence-corrected chi connectivity index (χ0v) is 20.9. The number of aromatic nitrogens is 1. The van der Waals surface area contributed by atoms with Gasteiger partial charge >= 0.3 is 5.97 Å². The third-order valence-electron chi connectivity index (χ3n) is 6.00. The van der Waals surface area contributed by atoms with E-state index in [4.69, 9.17) is 14.2 Å². The van der Waals surface area contributed by atoms with Gasteiger partial charge in [0.25, 0.3) is 0 Å². The monoisotopic (exact) mass is 495 g/mol. The van der Waals surface area contributed by atoms with Crippen LogP contribution in [0.25, 0.3) is 0 Å². The minimum Gasteiger partial charge on any atom is -0.503 e. The van der Waals surface area contributed by atoms with Crippen LogP contribution in [0.1, 0.15) is 53.4 Å². The summed E-state index contributed by atoms with van der Waals surface area (Å²) < 4.78 is 30.1. The lowest BCUT2D eigenvalue weighted by Gasteiger charge is -2.27. The number of aromatic hydroxyl groups is 1. The molecule has 0 fully saturated rings. The van der Waals surface area contributed by atoms with Crippen LogP contribution in [0.5, 0.6) is 17.2 Å². The zero-order valence-electron chi connectivity index (χ0n) is 20.9. The Morgan fingerprint density at radius 1 is 1.00 bits per heavy atom. The topological polar surface area (TPSA) is 95.0 Å². The van der Waals surface area contributed by atoms with Crippen molar-refractivity contribution in [2.45, 2.75) is 39.2 Å². The highest BCUT2D eigenvalue weighted by atomic mass is 19.1. The Morgan fingerprint density at radius 3 is 2.31 bits per heavy atom. The molecule has 2 aromatic carbocycles. The van der Waals surface area contributed by atoms with Crippen LogP contribution in [-0.4, -0.2) is 42.2 Å². The van der Waals surface area contributed by atoms with Crippen molar-refractivity contribution in [3.8, 4) is 17.2 Å². The van der Waals surface area contributed by atoms with Gasteiger partial charge in [0.1, 0.15) is 17.7 Å². The molecule has 1 heterocycles. The Bertz CT molecular complexity index is 1230. The number of pyridine rings is 1. The lowest BCUT2D eigenvalue weighted by molar-refractivity contribution is -0.153. The maximum absolute atomic E-state index is 13.9. The molecule has 0 saturated carbocycles. The number of halogens is 1. The summed E-state index contributed by atoms with van der Waals surface area (Å²) in [5.41, 5.74) is 2.42. The van der Waals surface area contributed by atoms with Crippen LogP contribution < -0.4 is 9.47 Å². The largest absolute Gasteiger partial charge is 0.503 e. The molecule has 0 unspecified atom stereocenters. The lowest BCUT2D eigenvalue weighted by atomic mass is 9.86. The van der Waals surface area contributed by atoms with Gasteiger partial charge in [-0.05, 0) is 25.5 Å². The summed E-state index contributed by atoms with van der Waals surface area (Å²) >= 11 is 0. The molecule has 0 amide bonds. The Kier molecular flexibility index (Phi) is 8.64. The molecule has 3 rings (SSSR count). The van der Waals surface area contributed by atoms with Crippen molar-refractivity contribution in [2.75, 3.05) is 14.2 Å². The predicted molar refractivity (Wildman–Crippen MR) is 132 cm³/mol. The third kappa shape index (κ3) is 6.00. The summed E-state index contributed by atoms with van der Waals surface area (Å²) in [5, 5.41) is 10.2. The van der Waals surface area contributed by atoms with Gasteiger partial charge in [0.15, 0.2) is 23.0 Å². The summed E-state index contributed by atoms with van der Waals surface area (Å²) in [4.78, 5) is 29.6. The number of Topliss-reactive ketones (excluding diaryl/α,β-unsaturated/α-hetero) is 1. The first kappa shape index (κ1) is 26.7. The van der Waals surface area contributed by atoms with Gasteiger partial charge in [-0.1, -0.05) is 42.8 Å². The molecule has 0 radical (unpaired) electrons. The highest BCUT2D eigenvalue weighted by Gasteiger charge is 2.30. The third-order valence-corrected chi connectivity index (χ3v) is 6.00. The second-order valence-electron chi connectivity index (χ2n) is 8.66. The van der Waals surface area contributed by atoms with Crippen molar-refractivity contribution in [2.24, 2.45) is 5.92 Å². The maximum atomic E-state index is 13.9. The van der Waals surface area contributed by atoms with E-state index >= 15 is 0 Å². The van der Waals surface area contributed by atoms with Crippen molar-refractivity contribution >= 4 is 11.8 Å². The highest BCUT2D eigenvalue weighted by molar-refractivity contribution is 5.99. The SMILES string of the molecule is COc1cc(F)ccc1[C@H](c1ccc(C)cc1)[C@H](C)OC(=O)[C@H](C)CC(=O)c1nccc(OC)c1O. The summed E-state index contributed by atoms with van der Waals surface area (Å²) in [5.74, 6) is -2.71. The van der Waals surface area contributed by atoms with E-state index in [1.165, 1.54) is 38.6 Å². The molecule has 36 heavy (non-hydrogen) atoms. The second kappa shape index (κ2) is 11.7.